The molecule has 1 N–H and O–H groups in total. The average Bonchev–Trinajstić information content (AvgIpc) is 2.66. The first-order valence-electron chi connectivity index (χ1n) is 8.46. The summed E-state index contributed by atoms with van der Waals surface area (Å²) in [6.45, 7) is 1.91. The van der Waals surface area contributed by atoms with Crippen LogP contribution < -0.4 is 14.8 Å². The van der Waals surface area contributed by atoms with E-state index in [1.54, 1.807) is 43.5 Å². The van der Waals surface area contributed by atoms with Crippen molar-refractivity contribution in [1.82, 2.24) is 0 Å². The third kappa shape index (κ3) is 7.19. The molecule has 0 aliphatic carbocycles. The molecule has 0 fully saturated rings. The minimum Gasteiger partial charge on any atom is -0.497 e. The molecule has 2 rings (SSSR count). The van der Waals surface area contributed by atoms with E-state index in [2.05, 4.69) is 5.32 Å². The van der Waals surface area contributed by atoms with Gasteiger partial charge in [-0.1, -0.05) is 17.7 Å². The Balaban J connectivity index is 1.63. The van der Waals surface area contributed by atoms with Gasteiger partial charge in [-0.2, -0.15) is 0 Å². The number of carbonyl (C=O) groups is 2. The Labute approximate surface area is 163 Å². The second-order valence-electron chi connectivity index (χ2n) is 5.82. The van der Waals surface area contributed by atoms with E-state index in [4.69, 9.17) is 25.8 Å². The van der Waals surface area contributed by atoms with Crippen molar-refractivity contribution in [3.63, 3.8) is 0 Å². The molecule has 2 aromatic rings. The molecular weight excluding hydrogens is 370 g/mol. The Bertz CT molecular complexity index is 776. The fourth-order valence-corrected chi connectivity index (χ4v) is 2.49. The molecule has 0 aliphatic heterocycles. The Kier molecular flexibility index (Phi) is 7.95. The van der Waals surface area contributed by atoms with Gasteiger partial charge in [0.05, 0.1) is 24.4 Å². The van der Waals surface area contributed by atoms with Crippen LogP contribution in [0.3, 0.4) is 0 Å². The van der Waals surface area contributed by atoms with Gasteiger partial charge < -0.3 is 19.5 Å². The third-order valence-corrected chi connectivity index (χ3v) is 3.93. The van der Waals surface area contributed by atoms with Crippen LogP contribution in [0.4, 0.5) is 5.69 Å². The van der Waals surface area contributed by atoms with Gasteiger partial charge in [0.25, 0.3) is 5.91 Å². The van der Waals surface area contributed by atoms with E-state index < -0.39 is 11.9 Å². The van der Waals surface area contributed by atoms with Gasteiger partial charge in [-0.05, 0) is 55.3 Å². The molecule has 0 spiro atoms. The standard InChI is InChI=1S/C20H22ClNO5/c1-14-5-10-18(17(21)12-14)22-19(23)13-27-20(24)4-3-11-26-16-8-6-15(25-2)7-9-16/h5-10,12H,3-4,11,13H2,1-2H3,(H,22,23). The number of nitrogens with one attached hydrogen (secondary N) is 1. The second-order valence-corrected chi connectivity index (χ2v) is 6.23. The summed E-state index contributed by atoms with van der Waals surface area (Å²) in [4.78, 5) is 23.5. The minimum absolute atomic E-state index is 0.161. The van der Waals surface area contributed by atoms with Crippen LogP contribution in [0.2, 0.25) is 5.02 Å². The van der Waals surface area contributed by atoms with Crippen molar-refractivity contribution < 1.29 is 23.8 Å². The van der Waals surface area contributed by atoms with E-state index in [9.17, 15) is 9.59 Å². The van der Waals surface area contributed by atoms with Crippen LogP contribution in [0, 0.1) is 6.92 Å². The minimum atomic E-state index is -0.460. The second kappa shape index (κ2) is 10.4. The number of amides is 1. The summed E-state index contributed by atoms with van der Waals surface area (Å²) in [5.41, 5.74) is 1.47. The normalized spacial score (nSPS) is 10.2. The number of rotatable bonds is 9. The summed E-state index contributed by atoms with van der Waals surface area (Å²) in [5.74, 6) is 0.539. The third-order valence-electron chi connectivity index (χ3n) is 3.62. The largest absolute Gasteiger partial charge is 0.497 e. The summed E-state index contributed by atoms with van der Waals surface area (Å²) < 4.78 is 15.5. The van der Waals surface area contributed by atoms with Crippen molar-refractivity contribution in [3.8, 4) is 11.5 Å². The Morgan fingerprint density at radius 3 is 2.44 bits per heavy atom. The maximum atomic E-state index is 11.8. The summed E-state index contributed by atoms with van der Waals surface area (Å²) in [6.07, 6.45) is 0.644. The molecule has 2 aromatic carbocycles. The van der Waals surface area contributed by atoms with Crippen LogP contribution in [0.1, 0.15) is 18.4 Å². The lowest BCUT2D eigenvalue weighted by atomic mass is 10.2. The van der Waals surface area contributed by atoms with Crippen molar-refractivity contribution in [2.24, 2.45) is 0 Å². The molecule has 6 nitrogen and oxygen atoms in total. The molecule has 0 heterocycles. The van der Waals surface area contributed by atoms with Gasteiger partial charge in [-0.25, -0.2) is 0 Å². The van der Waals surface area contributed by atoms with Crippen LogP contribution in [-0.2, 0) is 14.3 Å². The van der Waals surface area contributed by atoms with Crippen LogP contribution in [0.25, 0.3) is 0 Å². The van der Waals surface area contributed by atoms with Crippen molar-refractivity contribution in [1.29, 1.82) is 0 Å². The van der Waals surface area contributed by atoms with Crippen LogP contribution >= 0.6 is 11.6 Å². The monoisotopic (exact) mass is 391 g/mol. The summed E-state index contributed by atoms with van der Waals surface area (Å²) in [6, 6.07) is 12.4. The maximum absolute atomic E-state index is 11.8. The van der Waals surface area contributed by atoms with Crippen molar-refractivity contribution in [3.05, 3.63) is 53.1 Å². The maximum Gasteiger partial charge on any atom is 0.306 e. The van der Waals surface area contributed by atoms with Gasteiger partial charge in [0, 0.05) is 6.42 Å². The van der Waals surface area contributed by atoms with Crippen molar-refractivity contribution >= 4 is 29.2 Å². The number of halogens is 1. The first kappa shape index (κ1) is 20.6. The topological polar surface area (TPSA) is 73.9 Å². The molecule has 0 unspecified atom stereocenters. The van der Waals surface area contributed by atoms with Gasteiger partial charge in [0.1, 0.15) is 11.5 Å². The molecule has 0 radical (unpaired) electrons. The van der Waals surface area contributed by atoms with Crippen LogP contribution in [-0.4, -0.2) is 32.2 Å². The molecule has 7 heteroatoms. The van der Waals surface area contributed by atoms with Crippen LogP contribution in [0.15, 0.2) is 42.5 Å². The molecule has 0 aliphatic rings. The first-order valence-corrected chi connectivity index (χ1v) is 8.84. The SMILES string of the molecule is COc1ccc(OCCCC(=O)OCC(=O)Nc2ccc(C)cc2Cl)cc1. The number of hydrogen-bond acceptors (Lipinski definition) is 5. The zero-order chi connectivity index (χ0) is 19.6. The lowest BCUT2D eigenvalue weighted by molar-refractivity contribution is -0.147. The van der Waals surface area contributed by atoms with E-state index in [1.165, 1.54) is 0 Å². The highest BCUT2D eigenvalue weighted by Gasteiger charge is 2.10. The lowest BCUT2D eigenvalue weighted by Gasteiger charge is -2.09. The molecular formula is C20H22ClNO5. The highest BCUT2D eigenvalue weighted by Crippen LogP contribution is 2.22. The number of benzene rings is 2. The van der Waals surface area contributed by atoms with E-state index in [1.807, 2.05) is 13.0 Å². The molecule has 0 saturated heterocycles. The number of ether oxygens (including phenoxy) is 3. The summed E-state index contributed by atoms with van der Waals surface area (Å²) in [7, 11) is 1.59. The van der Waals surface area contributed by atoms with Crippen LogP contribution in [0.5, 0.6) is 11.5 Å². The van der Waals surface area contributed by atoms with E-state index in [0.29, 0.717) is 29.5 Å². The highest BCUT2D eigenvalue weighted by atomic mass is 35.5. The predicted molar refractivity (Wildman–Crippen MR) is 104 cm³/mol. The number of esters is 1. The smallest absolute Gasteiger partial charge is 0.306 e. The van der Waals surface area contributed by atoms with E-state index in [0.717, 1.165) is 11.3 Å². The number of hydrogen-bond donors (Lipinski definition) is 1. The van der Waals surface area contributed by atoms with Gasteiger partial charge in [-0.15, -0.1) is 0 Å². The van der Waals surface area contributed by atoms with Gasteiger partial charge >= 0.3 is 5.97 Å². The van der Waals surface area contributed by atoms with Crippen molar-refractivity contribution in [2.75, 3.05) is 25.6 Å². The molecule has 27 heavy (non-hydrogen) atoms. The molecule has 144 valence electrons. The van der Waals surface area contributed by atoms with Gasteiger partial charge in [0.15, 0.2) is 6.61 Å². The molecule has 0 saturated carbocycles. The highest BCUT2D eigenvalue weighted by molar-refractivity contribution is 6.33. The van der Waals surface area contributed by atoms with Crippen molar-refractivity contribution in [2.45, 2.75) is 19.8 Å². The average molecular weight is 392 g/mol. The first-order chi connectivity index (χ1) is 13.0. The summed E-state index contributed by atoms with van der Waals surface area (Å²) in [5, 5.41) is 3.04. The number of carbonyl (C=O) groups excluding carboxylic acids is 2. The number of methoxy groups -OCH3 is 1. The quantitative estimate of drug-likeness (QED) is 0.516. The zero-order valence-corrected chi connectivity index (χ0v) is 16.0. The fourth-order valence-electron chi connectivity index (χ4n) is 2.20. The van der Waals surface area contributed by atoms with E-state index >= 15 is 0 Å². The number of anilines is 1. The Morgan fingerprint density at radius 1 is 1.07 bits per heavy atom. The Hall–Kier alpha value is -2.73. The molecule has 0 aromatic heterocycles. The van der Waals surface area contributed by atoms with E-state index in [-0.39, 0.29) is 13.0 Å². The lowest BCUT2D eigenvalue weighted by Crippen LogP contribution is -2.21. The van der Waals surface area contributed by atoms with Gasteiger partial charge in [0.2, 0.25) is 0 Å². The summed E-state index contributed by atoms with van der Waals surface area (Å²) >= 11 is 6.04. The predicted octanol–water partition coefficient (Wildman–Crippen LogP) is 4.00. The molecule has 0 atom stereocenters. The van der Waals surface area contributed by atoms with Gasteiger partial charge in [-0.3, -0.25) is 9.59 Å². The fraction of sp³-hybridized carbons (Fsp3) is 0.300. The number of aryl methyl sites for hydroxylation is 1. The molecule has 1 amide bonds. The molecule has 0 bridgehead atoms. The zero-order valence-electron chi connectivity index (χ0n) is 15.3. The Morgan fingerprint density at radius 2 is 1.78 bits per heavy atom.